The van der Waals surface area contributed by atoms with Crippen molar-refractivity contribution in [1.29, 1.82) is 0 Å². The molecule has 1 fully saturated rings. The van der Waals surface area contributed by atoms with Crippen molar-refractivity contribution in [3.8, 4) is 5.75 Å². The number of ether oxygens (including phenoxy) is 1. The van der Waals surface area contributed by atoms with Gasteiger partial charge in [0, 0.05) is 18.0 Å². The van der Waals surface area contributed by atoms with Gasteiger partial charge in [-0.25, -0.2) is 4.39 Å². The molecule has 1 saturated heterocycles. The number of benzene rings is 2. The molecule has 9 heteroatoms. The fraction of sp³-hybridized carbons (Fsp3) is 0.360. The molecular formula is C25H23F4NO4. The molecule has 2 heterocycles. The summed E-state index contributed by atoms with van der Waals surface area (Å²) < 4.78 is 63.6. The predicted octanol–water partition coefficient (Wildman–Crippen LogP) is 5.31. The first-order chi connectivity index (χ1) is 16.2. The number of Topliss-reactive ketones (excluding diaryl/α,β-unsaturated/α-hetero) is 1. The molecule has 0 unspecified atom stereocenters. The van der Waals surface area contributed by atoms with Crippen molar-refractivity contribution >= 4 is 16.8 Å². The highest BCUT2D eigenvalue weighted by Crippen LogP contribution is 2.36. The smallest absolute Gasteiger partial charge is 0.453 e. The molecule has 180 valence electrons. The number of halogens is 4. The Balaban J connectivity index is 1.31. The van der Waals surface area contributed by atoms with Crippen molar-refractivity contribution in [1.82, 2.24) is 4.90 Å². The Kier molecular flexibility index (Phi) is 7.02. The van der Waals surface area contributed by atoms with Crippen LogP contribution in [0, 0.1) is 11.7 Å². The average molecular weight is 477 g/mol. The number of rotatable bonds is 7. The topological polar surface area (TPSA) is 59.8 Å². The first-order valence-corrected chi connectivity index (χ1v) is 11.0. The Bertz CT molecular complexity index is 1210. The van der Waals surface area contributed by atoms with Crippen LogP contribution in [0.3, 0.4) is 0 Å². The van der Waals surface area contributed by atoms with Gasteiger partial charge < -0.3 is 14.1 Å². The minimum atomic E-state index is -4.86. The Morgan fingerprint density at radius 2 is 1.74 bits per heavy atom. The van der Waals surface area contributed by atoms with E-state index in [-0.39, 0.29) is 29.3 Å². The van der Waals surface area contributed by atoms with Crippen LogP contribution in [0.1, 0.15) is 35.4 Å². The summed E-state index contributed by atoms with van der Waals surface area (Å²) in [7, 11) is 0. The van der Waals surface area contributed by atoms with E-state index in [0.29, 0.717) is 44.5 Å². The van der Waals surface area contributed by atoms with Crippen LogP contribution in [0.15, 0.2) is 57.7 Å². The van der Waals surface area contributed by atoms with Gasteiger partial charge >= 0.3 is 6.18 Å². The molecule has 2 aromatic carbocycles. The zero-order chi connectivity index (χ0) is 24.3. The summed E-state index contributed by atoms with van der Waals surface area (Å²) in [5.74, 6) is -2.80. The molecule has 1 aliphatic rings. The molecule has 1 aliphatic heterocycles. The quantitative estimate of drug-likeness (QED) is 0.262. The first kappa shape index (κ1) is 23.9. The largest absolute Gasteiger partial charge is 0.486 e. The van der Waals surface area contributed by atoms with Gasteiger partial charge in [-0.1, -0.05) is 12.1 Å². The number of carbonyl (C=O) groups is 1. The lowest BCUT2D eigenvalue weighted by molar-refractivity contribution is -0.154. The molecule has 34 heavy (non-hydrogen) atoms. The molecule has 3 aromatic rings. The maximum Gasteiger partial charge on any atom is 0.453 e. The van der Waals surface area contributed by atoms with Crippen LogP contribution >= 0.6 is 0 Å². The van der Waals surface area contributed by atoms with Crippen molar-refractivity contribution < 1.29 is 31.5 Å². The normalized spacial score (nSPS) is 15.5. The second-order valence-electron chi connectivity index (χ2n) is 8.27. The van der Waals surface area contributed by atoms with Crippen LogP contribution < -0.4 is 10.2 Å². The molecule has 0 amide bonds. The summed E-state index contributed by atoms with van der Waals surface area (Å²) in [6.07, 6.45) is -3.18. The fourth-order valence-corrected chi connectivity index (χ4v) is 4.17. The van der Waals surface area contributed by atoms with Crippen LogP contribution in [0.2, 0.25) is 0 Å². The lowest BCUT2D eigenvalue weighted by Crippen LogP contribution is -2.37. The van der Waals surface area contributed by atoms with Gasteiger partial charge in [0.25, 0.3) is 5.76 Å². The van der Waals surface area contributed by atoms with Gasteiger partial charge in [-0.15, -0.1) is 0 Å². The van der Waals surface area contributed by atoms with Crippen molar-refractivity contribution in [3.05, 3.63) is 75.9 Å². The second kappa shape index (κ2) is 9.97. The number of piperidine rings is 1. The predicted molar refractivity (Wildman–Crippen MR) is 117 cm³/mol. The number of ketones is 1. The highest BCUT2D eigenvalue weighted by atomic mass is 19.4. The molecular weight excluding hydrogens is 454 g/mol. The standard InChI is InChI=1S/C25H23F4NO4/c26-18-8-6-16(7-9-18)21(31)17-10-13-30(14-11-17)12-3-15-33-23-22(32)19-4-1-2-5-20(19)34-24(23)25(27,28)29/h1-2,4-9,17H,3,10-15H2. The molecule has 0 aliphatic carbocycles. The average Bonchev–Trinajstić information content (AvgIpc) is 2.82. The lowest BCUT2D eigenvalue weighted by atomic mass is 9.89. The van der Waals surface area contributed by atoms with E-state index in [1.54, 1.807) is 6.07 Å². The molecule has 0 radical (unpaired) electrons. The molecule has 0 saturated carbocycles. The number of hydrogen-bond acceptors (Lipinski definition) is 5. The number of carbonyl (C=O) groups excluding carboxylic acids is 1. The van der Waals surface area contributed by atoms with Crippen molar-refractivity contribution in [2.75, 3.05) is 26.2 Å². The van der Waals surface area contributed by atoms with Crippen LogP contribution in [0.5, 0.6) is 5.75 Å². The monoisotopic (exact) mass is 477 g/mol. The van der Waals surface area contributed by atoms with Crippen molar-refractivity contribution in [2.45, 2.75) is 25.4 Å². The maximum atomic E-state index is 13.4. The summed E-state index contributed by atoms with van der Waals surface area (Å²) in [6.45, 7) is 1.78. The number of para-hydroxylation sites is 1. The SMILES string of the molecule is O=C(c1ccc(F)cc1)C1CCN(CCCOc2c(C(F)(F)F)oc3ccccc3c2=O)CC1. The molecule has 1 aromatic heterocycles. The van der Waals surface area contributed by atoms with Gasteiger partial charge in [-0.2, -0.15) is 13.2 Å². The number of hydrogen-bond donors (Lipinski definition) is 0. The van der Waals surface area contributed by atoms with E-state index < -0.39 is 28.9 Å². The molecule has 0 atom stereocenters. The highest BCUT2D eigenvalue weighted by molar-refractivity contribution is 5.97. The third kappa shape index (κ3) is 5.30. The molecule has 5 nitrogen and oxygen atoms in total. The molecule has 0 N–H and O–H groups in total. The van der Waals surface area contributed by atoms with Crippen LogP contribution in [0.25, 0.3) is 11.0 Å². The summed E-state index contributed by atoms with van der Waals surface area (Å²) in [6, 6.07) is 11.2. The number of alkyl halides is 3. The Hall–Kier alpha value is -3.20. The fourth-order valence-electron chi connectivity index (χ4n) is 4.17. The van der Waals surface area contributed by atoms with Crippen LogP contribution in [-0.4, -0.2) is 36.9 Å². The Morgan fingerprint density at radius 3 is 2.41 bits per heavy atom. The van der Waals surface area contributed by atoms with Gasteiger partial charge in [0.05, 0.1) is 12.0 Å². The van der Waals surface area contributed by atoms with Crippen LogP contribution in [-0.2, 0) is 6.18 Å². The summed E-state index contributed by atoms with van der Waals surface area (Å²) in [5, 5.41) is 0.0263. The van der Waals surface area contributed by atoms with Gasteiger partial charge in [0.1, 0.15) is 11.4 Å². The lowest BCUT2D eigenvalue weighted by Gasteiger charge is -2.31. The van der Waals surface area contributed by atoms with E-state index in [9.17, 15) is 27.2 Å². The zero-order valence-electron chi connectivity index (χ0n) is 18.2. The third-order valence-corrected chi connectivity index (χ3v) is 5.97. The first-order valence-electron chi connectivity index (χ1n) is 11.0. The molecule has 0 spiro atoms. The minimum absolute atomic E-state index is 0.00862. The van der Waals surface area contributed by atoms with Crippen LogP contribution in [0.4, 0.5) is 17.6 Å². The van der Waals surface area contributed by atoms with Gasteiger partial charge in [0.15, 0.2) is 5.78 Å². The summed E-state index contributed by atoms with van der Waals surface area (Å²) in [5.41, 5.74) is -0.512. The van der Waals surface area contributed by atoms with Crippen molar-refractivity contribution in [2.24, 2.45) is 5.92 Å². The van der Waals surface area contributed by atoms with Crippen molar-refractivity contribution in [3.63, 3.8) is 0 Å². The van der Waals surface area contributed by atoms with E-state index in [0.717, 1.165) is 0 Å². The zero-order valence-corrected chi connectivity index (χ0v) is 18.2. The number of fused-ring (bicyclic) bond motifs is 1. The summed E-state index contributed by atoms with van der Waals surface area (Å²) >= 11 is 0. The minimum Gasteiger partial charge on any atom is -0.486 e. The highest BCUT2D eigenvalue weighted by Gasteiger charge is 2.40. The second-order valence-corrected chi connectivity index (χ2v) is 8.27. The number of likely N-dealkylation sites (tertiary alicyclic amines) is 1. The van der Waals surface area contributed by atoms with Gasteiger partial charge in [-0.3, -0.25) is 9.59 Å². The van der Waals surface area contributed by atoms with E-state index in [2.05, 4.69) is 4.90 Å². The van der Waals surface area contributed by atoms with E-state index in [1.165, 1.54) is 42.5 Å². The third-order valence-electron chi connectivity index (χ3n) is 5.97. The number of nitrogens with zero attached hydrogens (tertiary/aromatic N) is 1. The maximum absolute atomic E-state index is 13.4. The Morgan fingerprint density at radius 1 is 1.06 bits per heavy atom. The molecule has 0 bridgehead atoms. The van der Waals surface area contributed by atoms with E-state index in [4.69, 9.17) is 9.15 Å². The van der Waals surface area contributed by atoms with E-state index >= 15 is 0 Å². The molecule has 4 rings (SSSR count). The van der Waals surface area contributed by atoms with E-state index in [1.807, 2.05) is 0 Å². The van der Waals surface area contributed by atoms with Gasteiger partial charge in [0.2, 0.25) is 11.2 Å². The summed E-state index contributed by atoms with van der Waals surface area (Å²) in [4.78, 5) is 27.3. The Labute approximate surface area is 192 Å². The van der Waals surface area contributed by atoms with Gasteiger partial charge in [-0.05, 0) is 68.8 Å².